The fraction of sp³-hybridized carbons (Fsp3) is 0.900. The Labute approximate surface area is 86.9 Å². The number of hydrazine groups is 1. The minimum Gasteiger partial charge on any atom is -0.383 e. The second-order valence-electron chi connectivity index (χ2n) is 3.28. The number of aliphatic imine (C=N–C) groups is 1. The van der Waals surface area contributed by atoms with Crippen molar-refractivity contribution in [3.05, 3.63) is 0 Å². The van der Waals surface area contributed by atoms with Gasteiger partial charge in [-0.15, -0.1) is 0 Å². The summed E-state index contributed by atoms with van der Waals surface area (Å²) in [5.41, 5.74) is 2.63. The quantitative estimate of drug-likeness (QED) is 0.205. The molecule has 14 heavy (non-hydrogen) atoms. The maximum atomic E-state index is 5.35. The Hall–Kier alpha value is -0.610. The standard InChI is InChI=1S/C10H23N3O/c1-3-4-5-6-7-10(13-11)12-8-9-14-2/h3-9,11H2,1-2H3,(H,12,13). The number of hydrogen-bond acceptors (Lipinski definition) is 3. The molecule has 0 saturated heterocycles. The summed E-state index contributed by atoms with van der Waals surface area (Å²) < 4.78 is 4.90. The average molecular weight is 201 g/mol. The van der Waals surface area contributed by atoms with Crippen LogP contribution in [0.2, 0.25) is 0 Å². The normalized spacial score (nSPS) is 11.8. The predicted molar refractivity (Wildman–Crippen MR) is 60.3 cm³/mol. The zero-order valence-electron chi connectivity index (χ0n) is 9.38. The van der Waals surface area contributed by atoms with Crippen molar-refractivity contribution in [3.8, 4) is 0 Å². The SMILES string of the molecule is CCCCCCC(=NCCOC)NN. The van der Waals surface area contributed by atoms with E-state index in [1.807, 2.05) is 0 Å². The summed E-state index contributed by atoms with van der Waals surface area (Å²) in [5, 5.41) is 0. The molecule has 0 aliphatic carbocycles. The van der Waals surface area contributed by atoms with Crippen LogP contribution in [0.15, 0.2) is 4.99 Å². The van der Waals surface area contributed by atoms with Crippen molar-refractivity contribution in [1.82, 2.24) is 5.43 Å². The minimum atomic E-state index is 0.653. The Morgan fingerprint density at radius 3 is 2.71 bits per heavy atom. The lowest BCUT2D eigenvalue weighted by atomic mass is 10.1. The van der Waals surface area contributed by atoms with Crippen molar-refractivity contribution in [1.29, 1.82) is 0 Å². The smallest absolute Gasteiger partial charge is 0.110 e. The van der Waals surface area contributed by atoms with E-state index >= 15 is 0 Å². The molecule has 4 nitrogen and oxygen atoms in total. The number of nitrogens with zero attached hydrogens (tertiary/aromatic N) is 1. The zero-order chi connectivity index (χ0) is 10.6. The van der Waals surface area contributed by atoms with Crippen LogP contribution in [0.3, 0.4) is 0 Å². The molecule has 0 heterocycles. The molecule has 84 valence electrons. The molecule has 0 amide bonds. The number of unbranched alkanes of at least 4 members (excludes halogenated alkanes) is 3. The highest BCUT2D eigenvalue weighted by Gasteiger charge is 1.95. The van der Waals surface area contributed by atoms with Gasteiger partial charge in [-0.2, -0.15) is 0 Å². The molecule has 0 aromatic heterocycles. The Morgan fingerprint density at radius 1 is 1.36 bits per heavy atom. The number of nitrogens with two attached hydrogens (primary N) is 1. The molecule has 3 N–H and O–H groups in total. The second kappa shape index (κ2) is 10.5. The Balaban J connectivity index is 3.51. The monoisotopic (exact) mass is 201 g/mol. The van der Waals surface area contributed by atoms with E-state index < -0.39 is 0 Å². The topological polar surface area (TPSA) is 59.6 Å². The maximum Gasteiger partial charge on any atom is 0.110 e. The highest BCUT2D eigenvalue weighted by Crippen LogP contribution is 2.02. The maximum absolute atomic E-state index is 5.35. The van der Waals surface area contributed by atoms with Crippen molar-refractivity contribution in [2.75, 3.05) is 20.3 Å². The molecule has 0 radical (unpaired) electrons. The van der Waals surface area contributed by atoms with E-state index in [0.717, 1.165) is 18.7 Å². The van der Waals surface area contributed by atoms with Crippen LogP contribution in [0.4, 0.5) is 0 Å². The van der Waals surface area contributed by atoms with E-state index in [1.54, 1.807) is 7.11 Å². The number of ether oxygens (including phenoxy) is 1. The lowest BCUT2D eigenvalue weighted by Crippen LogP contribution is -2.30. The van der Waals surface area contributed by atoms with E-state index in [-0.39, 0.29) is 0 Å². The highest BCUT2D eigenvalue weighted by molar-refractivity contribution is 5.81. The lowest BCUT2D eigenvalue weighted by molar-refractivity contribution is 0.208. The van der Waals surface area contributed by atoms with E-state index in [4.69, 9.17) is 10.6 Å². The third-order valence-electron chi connectivity index (χ3n) is 2.03. The summed E-state index contributed by atoms with van der Waals surface area (Å²) in [5.74, 6) is 6.24. The molecule has 0 aromatic carbocycles. The number of nitrogens with one attached hydrogen (secondary N) is 1. The second-order valence-corrected chi connectivity index (χ2v) is 3.28. The van der Waals surface area contributed by atoms with Gasteiger partial charge in [0.15, 0.2) is 0 Å². The summed E-state index contributed by atoms with van der Waals surface area (Å²) in [6, 6.07) is 0. The lowest BCUT2D eigenvalue weighted by Gasteiger charge is -2.05. The third-order valence-corrected chi connectivity index (χ3v) is 2.03. The fourth-order valence-corrected chi connectivity index (χ4v) is 1.19. The van der Waals surface area contributed by atoms with Gasteiger partial charge >= 0.3 is 0 Å². The summed E-state index contributed by atoms with van der Waals surface area (Å²) in [7, 11) is 1.67. The van der Waals surface area contributed by atoms with Gasteiger partial charge in [0.05, 0.1) is 13.2 Å². The van der Waals surface area contributed by atoms with E-state index in [2.05, 4.69) is 17.3 Å². The first-order valence-electron chi connectivity index (χ1n) is 5.34. The zero-order valence-corrected chi connectivity index (χ0v) is 9.38. The summed E-state index contributed by atoms with van der Waals surface area (Å²) in [4.78, 5) is 4.29. The minimum absolute atomic E-state index is 0.653. The van der Waals surface area contributed by atoms with Crippen LogP contribution in [-0.2, 0) is 4.74 Å². The highest BCUT2D eigenvalue weighted by atomic mass is 16.5. The number of rotatable bonds is 8. The molecule has 0 aromatic rings. The van der Waals surface area contributed by atoms with Gasteiger partial charge in [0, 0.05) is 13.5 Å². The van der Waals surface area contributed by atoms with Crippen molar-refractivity contribution in [3.63, 3.8) is 0 Å². The molecule has 0 atom stereocenters. The van der Waals surface area contributed by atoms with Crippen LogP contribution >= 0.6 is 0 Å². The Morgan fingerprint density at radius 2 is 2.14 bits per heavy atom. The molecule has 0 aliphatic heterocycles. The van der Waals surface area contributed by atoms with Crippen LogP contribution in [0.25, 0.3) is 0 Å². The van der Waals surface area contributed by atoms with Gasteiger partial charge in [-0.1, -0.05) is 26.2 Å². The van der Waals surface area contributed by atoms with E-state index in [9.17, 15) is 0 Å². The number of methoxy groups -OCH3 is 1. The van der Waals surface area contributed by atoms with Gasteiger partial charge < -0.3 is 10.2 Å². The van der Waals surface area contributed by atoms with E-state index in [0.29, 0.717) is 13.2 Å². The van der Waals surface area contributed by atoms with Crippen LogP contribution in [0.1, 0.15) is 39.0 Å². The van der Waals surface area contributed by atoms with Gasteiger partial charge in [0.1, 0.15) is 5.84 Å². The van der Waals surface area contributed by atoms with Crippen molar-refractivity contribution in [2.45, 2.75) is 39.0 Å². The largest absolute Gasteiger partial charge is 0.383 e. The molecule has 0 spiro atoms. The first-order chi connectivity index (χ1) is 6.85. The van der Waals surface area contributed by atoms with Crippen LogP contribution in [0, 0.1) is 0 Å². The first-order valence-corrected chi connectivity index (χ1v) is 5.34. The van der Waals surface area contributed by atoms with Gasteiger partial charge in [-0.3, -0.25) is 4.99 Å². The van der Waals surface area contributed by atoms with E-state index in [1.165, 1.54) is 19.3 Å². The van der Waals surface area contributed by atoms with Crippen LogP contribution in [0.5, 0.6) is 0 Å². The third kappa shape index (κ3) is 8.01. The summed E-state index contributed by atoms with van der Waals surface area (Å²) in [6.45, 7) is 3.54. The molecular weight excluding hydrogens is 178 g/mol. The van der Waals surface area contributed by atoms with Gasteiger partial charge in [-0.25, -0.2) is 5.84 Å². The summed E-state index contributed by atoms with van der Waals surface area (Å²) >= 11 is 0. The Bertz CT molecular complexity index is 148. The fourth-order valence-electron chi connectivity index (χ4n) is 1.19. The molecule has 0 unspecified atom stereocenters. The summed E-state index contributed by atoms with van der Waals surface area (Å²) in [6.07, 6.45) is 5.90. The average Bonchev–Trinajstić information content (AvgIpc) is 2.22. The van der Waals surface area contributed by atoms with Crippen molar-refractivity contribution >= 4 is 5.84 Å². The molecule has 4 heteroatoms. The molecule has 0 saturated carbocycles. The molecule has 0 fully saturated rings. The first kappa shape index (κ1) is 13.4. The molecule has 0 bridgehead atoms. The number of hydrogen-bond donors (Lipinski definition) is 2. The molecule has 0 aliphatic rings. The van der Waals surface area contributed by atoms with Gasteiger partial charge in [0.25, 0.3) is 0 Å². The van der Waals surface area contributed by atoms with Crippen molar-refractivity contribution in [2.24, 2.45) is 10.8 Å². The predicted octanol–water partition coefficient (Wildman–Crippen LogP) is 1.46. The Kier molecular flexibility index (Phi) is 10.0. The van der Waals surface area contributed by atoms with Gasteiger partial charge in [-0.05, 0) is 6.42 Å². The van der Waals surface area contributed by atoms with Gasteiger partial charge in [0.2, 0.25) is 0 Å². The van der Waals surface area contributed by atoms with Crippen LogP contribution < -0.4 is 11.3 Å². The molecular formula is C10H23N3O. The van der Waals surface area contributed by atoms with Crippen molar-refractivity contribution < 1.29 is 4.74 Å². The number of amidine groups is 1. The van der Waals surface area contributed by atoms with Crippen LogP contribution in [-0.4, -0.2) is 26.1 Å². The molecule has 0 rings (SSSR count).